The summed E-state index contributed by atoms with van der Waals surface area (Å²) < 4.78 is 10.6. The zero-order valence-corrected chi connectivity index (χ0v) is 14.7. The van der Waals surface area contributed by atoms with E-state index in [0.29, 0.717) is 36.7 Å². The summed E-state index contributed by atoms with van der Waals surface area (Å²) in [5.74, 6) is 1.19. The lowest BCUT2D eigenvalue weighted by atomic mass is 10.1. The fourth-order valence-corrected chi connectivity index (χ4v) is 2.97. The minimum atomic E-state index is -0.237. The molecule has 6 nitrogen and oxygen atoms in total. The number of carbonyl (C=O) groups is 2. The number of nitrogens with one attached hydrogen (secondary N) is 1. The van der Waals surface area contributed by atoms with Crippen LogP contribution in [0.5, 0.6) is 11.5 Å². The molecule has 0 bridgehead atoms. The SMILES string of the molecule is COC(=O)C[C@H]1CCN(C(=O)Nc2ccccc2Oc2ccccc2)C1. The Kier molecular flexibility index (Phi) is 5.73. The average molecular weight is 354 g/mol. The number of urea groups is 1. The number of para-hydroxylation sites is 3. The van der Waals surface area contributed by atoms with Crippen molar-refractivity contribution in [2.75, 3.05) is 25.5 Å². The Morgan fingerprint density at radius 3 is 2.62 bits per heavy atom. The van der Waals surface area contributed by atoms with Crippen LogP contribution in [-0.2, 0) is 9.53 Å². The van der Waals surface area contributed by atoms with Crippen molar-refractivity contribution in [3.05, 3.63) is 54.6 Å². The summed E-state index contributed by atoms with van der Waals surface area (Å²) >= 11 is 0. The van der Waals surface area contributed by atoms with Crippen molar-refractivity contribution in [3.8, 4) is 11.5 Å². The monoisotopic (exact) mass is 354 g/mol. The summed E-state index contributed by atoms with van der Waals surface area (Å²) in [4.78, 5) is 25.7. The molecule has 1 heterocycles. The van der Waals surface area contributed by atoms with E-state index in [-0.39, 0.29) is 17.9 Å². The number of ether oxygens (including phenoxy) is 2. The molecule has 0 aliphatic carbocycles. The average Bonchev–Trinajstić information content (AvgIpc) is 3.12. The number of hydrogen-bond acceptors (Lipinski definition) is 4. The molecule has 6 heteroatoms. The molecule has 0 saturated carbocycles. The Bertz CT molecular complexity index is 763. The Balaban J connectivity index is 1.62. The van der Waals surface area contributed by atoms with Gasteiger partial charge in [0.2, 0.25) is 0 Å². The van der Waals surface area contributed by atoms with Crippen molar-refractivity contribution in [1.82, 2.24) is 4.90 Å². The highest BCUT2D eigenvalue weighted by Crippen LogP contribution is 2.30. The Morgan fingerprint density at radius 1 is 1.12 bits per heavy atom. The van der Waals surface area contributed by atoms with E-state index in [1.807, 2.05) is 48.5 Å². The molecule has 0 aromatic heterocycles. The van der Waals surface area contributed by atoms with E-state index in [2.05, 4.69) is 5.32 Å². The molecule has 1 atom stereocenters. The van der Waals surface area contributed by atoms with Gasteiger partial charge in [0, 0.05) is 13.1 Å². The van der Waals surface area contributed by atoms with Crippen LogP contribution in [0.15, 0.2) is 54.6 Å². The molecule has 1 aliphatic heterocycles. The zero-order valence-electron chi connectivity index (χ0n) is 14.7. The van der Waals surface area contributed by atoms with Gasteiger partial charge in [-0.1, -0.05) is 30.3 Å². The maximum Gasteiger partial charge on any atom is 0.321 e. The number of carbonyl (C=O) groups excluding carboxylic acids is 2. The molecule has 0 unspecified atom stereocenters. The van der Waals surface area contributed by atoms with Gasteiger partial charge >= 0.3 is 12.0 Å². The summed E-state index contributed by atoms with van der Waals surface area (Å²) in [7, 11) is 1.38. The number of nitrogens with zero attached hydrogens (tertiary/aromatic N) is 1. The first-order valence-corrected chi connectivity index (χ1v) is 8.60. The van der Waals surface area contributed by atoms with Crippen LogP contribution in [0.25, 0.3) is 0 Å². The summed E-state index contributed by atoms with van der Waals surface area (Å²) in [5.41, 5.74) is 0.609. The quantitative estimate of drug-likeness (QED) is 0.827. The lowest BCUT2D eigenvalue weighted by molar-refractivity contribution is -0.141. The summed E-state index contributed by atoms with van der Waals surface area (Å²) in [5, 5.41) is 2.91. The molecular formula is C20H22N2O4. The molecule has 26 heavy (non-hydrogen) atoms. The van der Waals surface area contributed by atoms with Gasteiger partial charge in [0.05, 0.1) is 19.2 Å². The third kappa shape index (κ3) is 4.53. The molecule has 1 fully saturated rings. The number of rotatable bonds is 5. The summed E-state index contributed by atoms with van der Waals surface area (Å²) in [6, 6.07) is 16.5. The fraction of sp³-hybridized carbons (Fsp3) is 0.300. The van der Waals surface area contributed by atoms with Gasteiger partial charge in [-0.15, -0.1) is 0 Å². The first-order valence-electron chi connectivity index (χ1n) is 8.60. The molecule has 1 saturated heterocycles. The van der Waals surface area contributed by atoms with Crippen molar-refractivity contribution in [2.45, 2.75) is 12.8 Å². The molecule has 1 aliphatic rings. The van der Waals surface area contributed by atoms with Gasteiger partial charge in [-0.2, -0.15) is 0 Å². The van der Waals surface area contributed by atoms with Gasteiger partial charge in [-0.3, -0.25) is 4.79 Å². The van der Waals surface area contributed by atoms with Crippen molar-refractivity contribution < 1.29 is 19.1 Å². The lowest BCUT2D eigenvalue weighted by Gasteiger charge is -2.19. The minimum Gasteiger partial charge on any atom is -0.469 e. The van der Waals surface area contributed by atoms with Crippen molar-refractivity contribution in [1.29, 1.82) is 0 Å². The predicted octanol–water partition coefficient (Wildman–Crippen LogP) is 3.90. The van der Waals surface area contributed by atoms with Crippen LogP contribution in [-0.4, -0.2) is 37.1 Å². The predicted molar refractivity (Wildman–Crippen MR) is 98.3 cm³/mol. The summed E-state index contributed by atoms with van der Waals surface area (Å²) in [6.45, 7) is 1.16. The number of benzene rings is 2. The van der Waals surface area contributed by atoms with E-state index in [0.717, 1.165) is 6.42 Å². The number of anilines is 1. The summed E-state index contributed by atoms with van der Waals surface area (Å²) in [6.07, 6.45) is 1.14. The smallest absolute Gasteiger partial charge is 0.321 e. The van der Waals surface area contributed by atoms with Crippen LogP contribution in [0.3, 0.4) is 0 Å². The molecule has 3 rings (SSSR count). The number of esters is 1. The van der Waals surface area contributed by atoms with Gasteiger partial charge in [-0.05, 0) is 36.6 Å². The van der Waals surface area contributed by atoms with E-state index in [1.165, 1.54) is 7.11 Å². The Morgan fingerprint density at radius 2 is 1.85 bits per heavy atom. The zero-order chi connectivity index (χ0) is 18.4. The lowest BCUT2D eigenvalue weighted by Crippen LogP contribution is -2.33. The van der Waals surface area contributed by atoms with Crippen LogP contribution in [0.4, 0.5) is 10.5 Å². The third-order valence-corrected chi connectivity index (χ3v) is 4.36. The largest absolute Gasteiger partial charge is 0.469 e. The van der Waals surface area contributed by atoms with Crippen LogP contribution < -0.4 is 10.1 Å². The topological polar surface area (TPSA) is 67.9 Å². The standard InChI is InChI=1S/C20H22N2O4/c1-25-19(23)13-15-11-12-22(14-15)20(24)21-17-9-5-6-10-18(17)26-16-7-3-2-4-8-16/h2-10,15H,11-14H2,1H3,(H,21,24)/t15-/m1/s1. The van der Waals surface area contributed by atoms with Crippen LogP contribution in [0.2, 0.25) is 0 Å². The first kappa shape index (κ1) is 17.8. The highest BCUT2D eigenvalue weighted by atomic mass is 16.5. The molecule has 2 aromatic rings. The van der Waals surface area contributed by atoms with Crippen LogP contribution in [0.1, 0.15) is 12.8 Å². The van der Waals surface area contributed by atoms with Gasteiger partial charge in [0.15, 0.2) is 5.75 Å². The van der Waals surface area contributed by atoms with Crippen molar-refractivity contribution in [2.24, 2.45) is 5.92 Å². The highest BCUT2D eigenvalue weighted by Gasteiger charge is 2.28. The van der Waals surface area contributed by atoms with Gasteiger partial charge < -0.3 is 19.7 Å². The molecule has 2 amide bonds. The molecule has 0 radical (unpaired) electrons. The van der Waals surface area contributed by atoms with E-state index in [1.54, 1.807) is 11.0 Å². The number of methoxy groups -OCH3 is 1. The van der Waals surface area contributed by atoms with Gasteiger partial charge in [-0.25, -0.2) is 4.79 Å². The fourth-order valence-electron chi connectivity index (χ4n) is 2.97. The first-order chi connectivity index (χ1) is 12.7. The molecular weight excluding hydrogens is 332 g/mol. The van der Waals surface area contributed by atoms with Crippen LogP contribution >= 0.6 is 0 Å². The minimum absolute atomic E-state index is 0.143. The maximum atomic E-state index is 12.6. The number of amides is 2. The van der Waals surface area contributed by atoms with E-state index < -0.39 is 0 Å². The van der Waals surface area contributed by atoms with E-state index in [4.69, 9.17) is 9.47 Å². The second-order valence-corrected chi connectivity index (χ2v) is 6.22. The van der Waals surface area contributed by atoms with E-state index >= 15 is 0 Å². The van der Waals surface area contributed by atoms with E-state index in [9.17, 15) is 9.59 Å². The van der Waals surface area contributed by atoms with Gasteiger partial charge in [0.1, 0.15) is 5.75 Å². The maximum absolute atomic E-state index is 12.6. The van der Waals surface area contributed by atoms with Crippen molar-refractivity contribution in [3.63, 3.8) is 0 Å². The third-order valence-electron chi connectivity index (χ3n) is 4.36. The Labute approximate surface area is 152 Å². The molecule has 0 spiro atoms. The molecule has 2 aromatic carbocycles. The second kappa shape index (κ2) is 8.38. The number of likely N-dealkylation sites (tertiary alicyclic amines) is 1. The normalized spacial score (nSPS) is 16.2. The number of hydrogen-bond donors (Lipinski definition) is 1. The second-order valence-electron chi connectivity index (χ2n) is 6.22. The van der Waals surface area contributed by atoms with Crippen LogP contribution in [0, 0.1) is 5.92 Å². The van der Waals surface area contributed by atoms with Gasteiger partial charge in [0.25, 0.3) is 0 Å². The highest BCUT2D eigenvalue weighted by molar-refractivity contribution is 5.91. The molecule has 136 valence electrons. The Hall–Kier alpha value is -3.02. The van der Waals surface area contributed by atoms with Crippen molar-refractivity contribution >= 4 is 17.7 Å². The molecule has 1 N–H and O–H groups in total.